The number of esters is 1. The van der Waals surface area contributed by atoms with Crippen molar-refractivity contribution < 1.29 is 19.4 Å². The number of aliphatic hydroxyl groups excluding tert-OH is 1. The fraction of sp³-hybridized carbons (Fsp3) is 0.458. The van der Waals surface area contributed by atoms with Crippen molar-refractivity contribution >= 4 is 5.97 Å². The van der Waals surface area contributed by atoms with Crippen LogP contribution in [0.25, 0.3) is 0 Å². The fourth-order valence-electron chi connectivity index (χ4n) is 3.75. The summed E-state index contributed by atoms with van der Waals surface area (Å²) >= 11 is 0. The van der Waals surface area contributed by atoms with Crippen molar-refractivity contribution in [2.24, 2.45) is 5.92 Å². The van der Waals surface area contributed by atoms with Gasteiger partial charge in [0.1, 0.15) is 18.5 Å². The van der Waals surface area contributed by atoms with E-state index in [1.165, 1.54) is 12.7 Å². The highest BCUT2D eigenvalue weighted by Gasteiger charge is 2.26. The van der Waals surface area contributed by atoms with Gasteiger partial charge in [0.15, 0.2) is 0 Å². The van der Waals surface area contributed by atoms with Crippen LogP contribution in [0.1, 0.15) is 24.0 Å². The first-order chi connectivity index (χ1) is 14.6. The Balaban J connectivity index is 1.37. The highest BCUT2D eigenvalue weighted by molar-refractivity contribution is 5.72. The molecule has 6 nitrogen and oxygen atoms in total. The number of ether oxygens (including phenoxy) is 2. The van der Waals surface area contributed by atoms with Crippen LogP contribution in [-0.2, 0) is 22.6 Å². The molecule has 30 heavy (non-hydrogen) atoms. The summed E-state index contributed by atoms with van der Waals surface area (Å²) in [6.07, 6.45) is 0.982. The molecule has 0 aromatic heterocycles. The molecular formula is C24H32N2O4. The van der Waals surface area contributed by atoms with Crippen LogP contribution in [0, 0.1) is 5.92 Å². The minimum absolute atomic E-state index is 0.0158. The van der Waals surface area contributed by atoms with Gasteiger partial charge in [-0.2, -0.15) is 0 Å². The van der Waals surface area contributed by atoms with Crippen molar-refractivity contribution in [2.75, 3.05) is 33.4 Å². The van der Waals surface area contributed by atoms with E-state index in [2.05, 4.69) is 28.4 Å². The van der Waals surface area contributed by atoms with E-state index in [0.29, 0.717) is 6.54 Å². The second-order valence-electron chi connectivity index (χ2n) is 7.80. The number of aliphatic hydroxyl groups is 1. The minimum atomic E-state index is -0.570. The molecule has 0 spiro atoms. The summed E-state index contributed by atoms with van der Waals surface area (Å²) in [6.45, 7) is 3.95. The molecule has 1 saturated heterocycles. The van der Waals surface area contributed by atoms with Crippen LogP contribution in [0.2, 0.25) is 0 Å². The van der Waals surface area contributed by atoms with E-state index in [-0.39, 0.29) is 18.5 Å². The van der Waals surface area contributed by atoms with Gasteiger partial charge in [-0.05, 0) is 49.2 Å². The third-order valence-corrected chi connectivity index (χ3v) is 5.43. The van der Waals surface area contributed by atoms with Crippen LogP contribution in [0.4, 0.5) is 0 Å². The number of methoxy groups -OCH3 is 1. The van der Waals surface area contributed by atoms with E-state index in [9.17, 15) is 9.90 Å². The standard InChI is InChI=1S/C24H32N2O4/c1-29-24(28)21-10-12-26(13-11-21)17-22(27)18-30-23-9-5-8-20(14-23)16-25-15-19-6-3-2-4-7-19/h2-9,14,21-22,25,27H,10-13,15-18H2,1H3/t22-/m0/s1. The Labute approximate surface area is 178 Å². The summed E-state index contributed by atoms with van der Waals surface area (Å²) in [5, 5.41) is 13.8. The highest BCUT2D eigenvalue weighted by atomic mass is 16.5. The van der Waals surface area contributed by atoms with Gasteiger partial charge in [0, 0.05) is 19.6 Å². The lowest BCUT2D eigenvalue weighted by Gasteiger charge is -2.31. The average molecular weight is 413 g/mol. The molecule has 2 N–H and O–H groups in total. The lowest BCUT2D eigenvalue weighted by Crippen LogP contribution is -2.42. The zero-order chi connectivity index (χ0) is 21.2. The maximum absolute atomic E-state index is 11.6. The first-order valence-corrected chi connectivity index (χ1v) is 10.6. The van der Waals surface area contributed by atoms with Crippen LogP contribution in [0.5, 0.6) is 5.75 Å². The number of benzene rings is 2. The first-order valence-electron chi connectivity index (χ1n) is 10.6. The Bertz CT molecular complexity index is 776. The third-order valence-electron chi connectivity index (χ3n) is 5.43. The van der Waals surface area contributed by atoms with Gasteiger partial charge in [0.2, 0.25) is 0 Å². The Kier molecular flexibility index (Phi) is 8.68. The molecule has 0 bridgehead atoms. The second kappa shape index (κ2) is 11.7. The number of piperidine rings is 1. The molecule has 3 rings (SSSR count). The molecule has 1 heterocycles. The van der Waals surface area contributed by atoms with E-state index >= 15 is 0 Å². The van der Waals surface area contributed by atoms with Gasteiger partial charge in [0.05, 0.1) is 13.0 Å². The predicted molar refractivity (Wildman–Crippen MR) is 116 cm³/mol. The quantitative estimate of drug-likeness (QED) is 0.585. The third kappa shape index (κ3) is 7.13. The molecule has 2 aromatic rings. The number of hydrogen-bond acceptors (Lipinski definition) is 6. The van der Waals surface area contributed by atoms with Crippen LogP contribution >= 0.6 is 0 Å². The summed E-state index contributed by atoms with van der Waals surface area (Å²) in [5.74, 6) is 0.618. The van der Waals surface area contributed by atoms with Crippen LogP contribution in [-0.4, -0.2) is 55.4 Å². The monoisotopic (exact) mass is 412 g/mol. The summed E-state index contributed by atoms with van der Waals surface area (Å²) in [7, 11) is 1.43. The van der Waals surface area contributed by atoms with Gasteiger partial charge in [-0.15, -0.1) is 0 Å². The predicted octanol–water partition coefficient (Wildman–Crippen LogP) is 2.60. The van der Waals surface area contributed by atoms with Crippen LogP contribution < -0.4 is 10.1 Å². The smallest absolute Gasteiger partial charge is 0.308 e. The molecule has 0 radical (unpaired) electrons. The van der Waals surface area contributed by atoms with Crippen LogP contribution in [0.15, 0.2) is 54.6 Å². The Morgan fingerprint density at radius 1 is 1.10 bits per heavy atom. The molecule has 0 aliphatic carbocycles. The minimum Gasteiger partial charge on any atom is -0.491 e. The summed E-state index contributed by atoms with van der Waals surface area (Å²) < 4.78 is 10.6. The number of nitrogens with one attached hydrogen (secondary N) is 1. The number of likely N-dealkylation sites (tertiary alicyclic amines) is 1. The number of hydrogen-bond donors (Lipinski definition) is 2. The van der Waals surface area contributed by atoms with Gasteiger partial charge in [-0.25, -0.2) is 0 Å². The largest absolute Gasteiger partial charge is 0.491 e. The number of β-amino-alcohol motifs (C(OH)–C–C–N with tert-alkyl or cyclic N) is 1. The lowest BCUT2D eigenvalue weighted by molar-refractivity contribution is -0.147. The molecule has 1 fully saturated rings. The fourth-order valence-corrected chi connectivity index (χ4v) is 3.75. The molecule has 1 aliphatic rings. The van der Waals surface area contributed by atoms with E-state index in [4.69, 9.17) is 9.47 Å². The summed E-state index contributed by atoms with van der Waals surface area (Å²) in [6, 6.07) is 18.3. The normalized spacial score (nSPS) is 16.2. The number of rotatable bonds is 10. The Morgan fingerprint density at radius 2 is 1.80 bits per heavy atom. The topological polar surface area (TPSA) is 71.0 Å². The lowest BCUT2D eigenvalue weighted by atomic mass is 9.97. The van der Waals surface area contributed by atoms with Gasteiger partial charge in [0.25, 0.3) is 0 Å². The number of carbonyl (C=O) groups is 1. The second-order valence-corrected chi connectivity index (χ2v) is 7.80. The van der Waals surface area contributed by atoms with Gasteiger partial charge in [-0.3, -0.25) is 4.79 Å². The molecule has 0 unspecified atom stereocenters. The van der Waals surface area contributed by atoms with Crippen molar-refractivity contribution in [2.45, 2.75) is 32.0 Å². The van der Waals surface area contributed by atoms with Crippen molar-refractivity contribution in [1.82, 2.24) is 10.2 Å². The zero-order valence-electron chi connectivity index (χ0n) is 17.6. The molecule has 1 atom stereocenters. The average Bonchev–Trinajstić information content (AvgIpc) is 2.79. The molecule has 6 heteroatoms. The van der Waals surface area contributed by atoms with Crippen molar-refractivity contribution in [1.29, 1.82) is 0 Å². The summed E-state index contributed by atoms with van der Waals surface area (Å²) in [5.41, 5.74) is 2.39. The number of nitrogens with zero attached hydrogens (tertiary/aromatic N) is 1. The van der Waals surface area contributed by atoms with Gasteiger partial charge >= 0.3 is 5.97 Å². The van der Waals surface area contributed by atoms with E-state index in [1.807, 2.05) is 36.4 Å². The Morgan fingerprint density at radius 3 is 2.53 bits per heavy atom. The van der Waals surface area contributed by atoms with E-state index < -0.39 is 6.10 Å². The van der Waals surface area contributed by atoms with Crippen molar-refractivity contribution in [3.05, 3.63) is 65.7 Å². The van der Waals surface area contributed by atoms with Crippen molar-refractivity contribution in [3.63, 3.8) is 0 Å². The molecule has 2 aromatic carbocycles. The Hall–Kier alpha value is -2.41. The molecule has 1 aliphatic heterocycles. The van der Waals surface area contributed by atoms with Gasteiger partial charge in [-0.1, -0.05) is 42.5 Å². The molecule has 162 valence electrons. The zero-order valence-corrected chi connectivity index (χ0v) is 17.6. The maximum Gasteiger partial charge on any atom is 0.308 e. The SMILES string of the molecule is COC(=O)C1CCN(C[C@H](O)COc2cccc(CNCc3ccccc3)c2)CC1. The van der Waals surface area contributed by atoms with Gasteiger partial charge < -0.3 is 24.8 Å². The molecule has 0 saturated carbocycles. The molecule has 0 amide bonds. The summed E-state index contributed by atoms with van der Waals surface area (Å²) in [4.78, 5) is 13.8. The maximum atomic E-state index is 11.6. The van der Waals surface area contributed by atoms with Crippen LogP contribution in [0.3, 0.4) is 0 Å². The van der Waals surface area contributed by atoms with E-state index in [0.717, 1.165) is 50.3 Å². The highest BCUT2D eigenvalue weighted by Crippen LogP contribution is 2.19. The van der Waals surface area contributed by atoms with Crippen molar-refractivity contribution in [3.8, 4) is 5.75 Å². The van der Waals surface area contributed by atoms with E-state index in [1.54, 1.807) is 0 Å². The first kappa shape index (κ1) is 22.3. The molecular weight excluding hydrogens is 380 g/mol. The number of carbonyl (C=O) groups excluding carboxylic acids is 1.